The number of carbonyl (C=O) groups excluding carboxylic acids is 1. The van der Waals surface area contributed by atoms with Gasteiger partial charge < -0.3 is 20.4 Å². The van der Waals surface area contributed by atoms with Crippen molar-refractivity contribution in [3.8, 4) is 0 Å². The van der Waals surface area contributed by atoms with Gasteiger partial charge in [0.2, 0.25) is 0 Å². The van der Waals surface area contributed by atoms with Crippen LogP contribution in [0.1, 0.15) is 28.8 Å². The molecule has 0 bridgehead atoms. The lowest BCUT2D eigenvalue weighted by molar-refractivity contribution is 0.0788. The Balaban J connectivity index is 1.45. The van der Waals surface area contributed by atoms with Crippen LogP contribution in [0.5, 0.6) is 0 Å². The van der Waals surface area contributed by atoms with Crippen molar-refractivity contribution in [2.75, 3.05) is 50.7 Å². The van der Waals surface area contributed by atoms with Crippen LogP contribution >= 0.6 is 0 Å². The molecule has 2 heterocycles. The molecule has 2 aromatic carbocycles. The third kappa shape index (κ3) is 4.14. The van der Waals surface area contributed by atoms with E-state index in [1.54, 1.807) is 17.0 Å². The van der Waals surface area contributed by atoms with Gasteiger partial charge in [-0.2, -0.15) is 0 Å². The Morgan fingerprint density at radius 1 is 1.07 bits per heavy atom. The second-order valence-corrected chi connectivity index (χ2v) is 7.98. The number of halogens is 1. The summed E-state index contributed by atoms with van der Waals surface area (Å²) in [6.45, 7) is 7.68. The minimum atomic E-state index is -0.330. The Hall–Kier alpha value is -2.44. The second-order valence-electron chi connectivity index (χ2n) is 7.98. The highest BCUT2D eigenvalue weighted by Crippen LogP contribution is 2.28. The van der Waals surface area contributed by atoms with Crippen LogP contribution in [0, 0.1) is 5.82 Å². The van der Waals surface area contributed by atoms with Gasteiger partial charge in [-0.15, -0.1) is 0 Å². The third-order valence-electron chi connectivity index (χ3n) is 6.23. The number of likely N-dealkylation sites (N-methyl/N-ethyl adjacent to an activating group) is 1. The summed E-state index contributed by atoms with van der Waals surface area (Å²) < 4.78 is 14.8. The van der Waals surface area contributed by atoms with Crippen molar-refractivity contribution in [3.05, 3.63) is 65.5 Å². The molecule has 6 heteroatoms. The second kappa shape index (κ2) is 8.51. The van der Waals surface area contributed by atoms with E-state index < -0.39 is 0 Å². The number of hydrogen-bond donors (Lipinski definition) is 1. The average molecular weight is 397 g/mol. The minimum absolute atomic E-state index is 0.110. The van der Waals surface area contributed by atoms with Crippen molar-refractivity contribution in [1.82, 2.24) is 9.80 Å². The molecule has 2 atom stereocenters. The van der Waals surface area contributed by atoms with Crippen LogP contribution in [0.25, 0.3) is 0 Å². The maximum Gasteiger partial charge on any atom is 0.254 e. The lowest BCUT2D eigenvalue weighted by atomic mass is 9.95. The van der Waals surface area contributed by atoms with E-state index >= 15 is 0 Å². The van der Waals surface area contributed by atoms with Gasteiger partial charge in [0.25, 0.3) is 5.91 Å². The van der Waals surface area contributed by atoms with Gasteiger partial charge in [-0.3, -0.25) is 4.79 Å². The summed E-state index contributed by atoms with van der Waals surface area (Å²) >= 11 is 0. The summed E-state index contributed by atoms with van der Waals surface area (Å²) in [4.78, 5) is 19.1. The number of hydrogen-bond acceptors (Lipinski definition) is 4. The number of nitrogens with zero attached hydrogens (tertiary/aromatic N) is 3. The van der Waals surface area contributed by atoms with E-state index in [4.69, 9.17) is 5.73 Å². The van der Waals surface area contributed by atoms with Gasteiger partial charge in [0.15, 0.2) is 0 Å². The largest absolute Gasteiger partial charge is 0.367 e. The van der Waals surface area contributed by atoms with E-state index in [1.165, 1.54) is 6.07 Å². The number of piperazine rings is 1. The number of nitrogens with two attached hydrogens (primary N) is 1. The van der Waals surface area contributed by atoms with Crippen LogP contribution in [0.2, 0.25) is 0 Å². The Morgan fingerprint density at radius 2 is 1.79 bits per heavy atom. The Labute approximate surface area is 171 Å². The van der Waals surface area contributed by atoms with Crippen LogP contribution in [-0.4, -0.2) is 67.6 Å². The van der Waals surface area contributed by atoms with Crippen LogP contribution in [0.4, 0.5) is 10.1 Å². The number of rotatable bonds is 4. The SMILES string of the molecule is CCN1CCN(c2ccc(C(=O)N3C[C@@H](N)[C@H](c4ccccc4)C3)cc2F)CC1. The lowest BCUT2D eigenvalue weighted by Gasteiger charge is -2.35. The number of benzene rings is 2. The maximum atomic E-state index is 14.8. The Bertz CT molecular complexity index is 851. The van der Waals surface area contributed by atoms with Gasteiger partial charge in [-0.05, 0) is 30.3 Å². The van der Waals surface area contributed by atoms with E-state index in [1.807, 2.05) is 30.3 Å². The molecule has 154 valence electrons. The molecular formula is C23H29FN4O. The monoisotopic (exact) mass is 396 g/mol. The molecular weight excluding hydrogens is 367 g/mol. The van der Waals surface area contributed by atoms with Gasteiger partial charge in [0.1, 0.15) is 5.82 Å². The van der Waals surface area contributed by atoms with Crippen molar-refractivity contribution >= 4 is 11.6 Å². The average Bonchev–Trinajstić information content (AvgIpc) is 3.15. The van der Waals surface area contributed by atoms with E-state index in [0.717, 1.165) is 38.3 Å². The molecule has 2 aliphatic heterocycles. The van der Waals surface area contributed by atoms with Crippen molar-refractivity contribution in [2.24, 2.45) is 5.73 Å². The van der Waals surface area contributed by atoms with Crippen LogP contribution in [0.3, 0.4) is 0 Å². The van der Waals surface area contributed by atoms with Gasteiger partial charge in [-0.1, -0.05) is 37.3 Å². The molecule has 2 N–H and O–H groups in total. The molecule has 0 radical (unpaired) electrons. The van der Waals surface area contributed by atoms with E-state index in [-0.39, 0.29) is 23.7 Å². The predicted octanol–water partition coefficient (Wildman–Crippen LogP) is 2.53. The number of amides is 1. The summed E-state index contributed by atoms with van der Waals surface area (Å²) in [5.74, 6) is -0.372. The van der Waals surface area contributed by atoms with Crippen LogP contribution in [-0.2, 0) is 0 Å². The molecule has 0 unspecified atom stereocenters. The topological polar surface area (TPSA) is 52.8 Å². The fraction of sp³-hybridized carbons (Fsp3) is 0.435. The first-order valence-electron chi connectivity index (χ1n) is 10.4. The summed E-state index contributed by atoms with van der Waals surface area (Å²) in [6.07, 6.45) is 0. The molecule has 2 aromatic rings. The third-order valence-corrected chi connectivity index (χ3v) is 6.23. The van der Waals surface area contributed by atoms with E-state index in [2.05, 4.69) is 16.7 Å². The minimum Gasteiger partial charge on any atom is -0.367 e. The summed E-state index contributed by atoms with van der Waals surface area (Å²) in [5, 5.41) is 0. The van der Waals surface area contributed by atoms with Gasteiger partial charge >= 0.3 is 0 Å². The molecule has 2 saturated heterocycles. The van der Waals surface area contributed by atoms with E-state index in [9.17, 15) is 9.18 Å². The molecule has 0 aliphatic carbocycles. The number of carbonyl (C=O) groups is 1. The number of anilines is 1. The molecule has 0 aromatic heterocycles. The Morgan fingerprint density at radius 3 is 2.45 bits per heavy atom. The van der Waals surface area contributed by atoms with Crippen LogP contribution in [0.15, 0.2) is 48.5 Å². The van der Waals surface area contributed by atoms with Gasteiger partial charge in [0.05, 0.1) is 5.69 Å². The molecule has 5 nitrogen and oxygen atoms in total. The molecule has 2 aliphatic rings. The highest BCUT2D eigenvalue weighted by molar-refractivity contribution is 5.95. The molecule has 0 saturated carbocycles. The number of likely N-dealkylation sites (tertiary alicyclic amines) is 1. The smallest absolute Gasteiger partial charge is 0.254 e. The van der Waals surface area contributed by atoms with Gasteiger partial charge in [-0.25, -0.2) is 4.39 Å². The summed E-state index contributed by atoms with van der Waals surface area (Å²) in [7, 11) is 0. The first-order chi connectivity index (χ1) is 14.1. The van der Waals surface area contributed by atoms with Crippen molar-refractivity contribution in [3.63, 3.8) is 0 Å². The molecule has 1 amide bonds. The fourth-order valence-corrected chi connectivity index (χ4v) is 4.43. The first kappa shape index (κ1) is 19.9. The highest BCUT2D eigenvalue weighted by Gasteiger charge is 2.34. The summed E-state index contributed by atoms with van der Waals surface area (Å²) in [6, 6.07) is 14.8. The molecule has 0 spiro atoms. The molecule has 29 heavy (non-hydrogen) atoms. The summed E-state index contributed by atoms with van der Waals surface area (Å²) in [5.41, 5.74) is 8.42. The van der Waals surface area contributed by atoms with Crippen molar-refractivity contribution in [1.29, 1.82) is 0 Å². The van der Waals surface area contributed by atoms with Crippen LogP contribution < -0.4 is 10.6 Å². The van der Waals surface area contributed by atoms with Gasteiger partial charge in [0, 0.05) is 56.8 Å². The maximum absolute atomic E-state index is 14.8. The lowest BCUT2D eigenvalue weighted by Crippen LogP contribution is -2.46. The highest BCUT2D eigenvalue weighted by atomic mass is 19.1. The Kier molecular flexibility index (Phi) is 5.83. The predicted molar refractivity (Wildman–Crippen MR) is 114 cm³/mol. The molecule has 2 fully saturated rings. The first-order valence-corrected chi connectivity index (χ1v) is 10.4. The van der Waals surface area contributed by atoms with E-state index in [0.29, 0.717) is 24.3 Å². The van der Waals surface area contributed by atoms with Crippen molar-refractivity contribution < 1.29 is 9.18 Å². The van der Waals surface area contributed by atoms with Crippen molar-refractivity contribution in [2.45, 2.75) is 18.9 Å². The normalized spacial score (nSPS) is 22.9. The zero-order chi connectivity index (χ0) is 20.4. The standard InChI is InChI=1S/C23H29FN4O/c1-2-26-10-12-27(13-11-26)22-9-8-18(14-20(22)24)23(29)28-15-19(21(25)16-28)17-6-4-3-5-7-17/h3-9,14,19,21H,2,10-13,15-16,25H2,1H3/t19-,21+/m0/s1. The fourth-order valence-electron chi connectivity index (χ4n) is 4.43. The quantitative estimate of drug-likeness (QED) is 0.863. The zero-order valence-corrected chi connectivity index (χ0v) is 16.9. The zero-order valence-electron chi connectivity index (χ0n) is 16.9. The molecule has 4 rings (SSSR count).